The maximum absolute atomic E-state index is 10.5. The molecule has 3 nitrogen and oxygen atoms in total. The quantitative estimate of drug-likeness (QED) is 0.705. The van der Waals surface area contributed by atoms with Gasteiger partial charge in [-0.15, -0.1) is 11.3 Å². The fraction of sp³-hybridized carbons (Fsp3) is 0.222. The smallest absolute Gasteiger partial charge is 0.151 e. The summed E-state index contributed by atoms with van der Waals surface area (Å²) in [6.45, 7) is 3.97. The average Bonchev–Trinajstić information content (AvgIpc) is 2.87. The van der Waals surface area contributed by atoms with Crippen LogP contribution in [-0.2, 0) is 0 Å². The third kappa shape index (κ3) is 2.80. The van der Waals surface area contributed by atoms with Crippen LogP contribution in [0.5, 0.6) is 17.2 Å². The number of aliphatic hydroxyl groups is 1. The second kappa shape index (κ2) is 5.99. The number of benzene rings is 2. The summed E-state index contributed by atoms with van der Waals surface area (Å²) in [5.74, 6) is 1.64. The van der Waals surface area contributed by atoms with E-state index in [-0.39, 0.29) is 11.7 Å². The van der Waals surface area contributed by atoms with E-state index in [0.29, 0.717) is 11.5 Å². The van der Waals surface area contributed by atoms with E-state index in [9.17, 15) is 10.2 Å². The van der Waals surface area contributed by atoms with Gasteiger partial charge in [0.15, 0.2) is 5.75 Å². The van der Waals surface area contributed by atoms with E-state index >= 15 is 0 Å². The van der Waals surface area contributed by atoms with Gasteiger partial charge in [-0.2, -0.15) is 0 Å². The minimum Gasteiger partial charge on any atom is -0.508 e. The number of ether oxygens (including phenoxy) is 1. The van der Waals surface area contributed by atoms with Crippen LogP contribution in [-0.4, -0.2) is 10.2 Å². The van der Waals surface area contributed by atoms with Gasteiger partial charge in [-0.1, -0.05) is 26.0 Å². The Hall–Kier alpha value is -2.04. The number of hydrogen-bond acceptors (Lipinski definition) is 4. The lowest BCUT2D eigenvalue weighted by Crippen LogP contribution is -2.04. The number of fused-ring (bicyclic) bond motifs is 1. The number of phenolic OH excluding ortho intramolecular Hbond substituents is 1. The molecule has 0 fully saturated rings. The minimum atomic E-state index is -0.565. The zero-order chi connectivity index (χ0) is 15.7. The first-order chi connectivity index (χ1) is 10.6. The van der Waals surface area contributed by atoms with E-state index in [1.807, 2.05) is 38.1 Å². The molecule has 0 aliphatic carbocycles. The molecule has 0 aliphatic heterocycles. The predicted octanol–water partition coefficient (Wildman–Crippen LogP) is 5.09. The lowest BCUT2D eigenvalue weighted by molar-refractivity contribution is 0.128. The summed E-state index contributed by atoms with van der Waals surface area (Å²) in [4.78, 5) is 0.837. The van der Waals surface area contributed by atoms with Gasteiger partial charge in [-0.3, -0.25) is 0 Å². The topological polar surface area (TPSA) is 49.7 Å². The molecule has 2 aromatic carbocycles. The van der Waals surface area contributed by atoms with Gasteiger partial charge in [0.05, 0.1) is 11.0 Å². The van der Waals surface area contributed by atoms with Gasteiger partial charge in [-0.05, 0) is 42.3 Å². The second-order valence-electron chi connectivity index (χ2n) is 5.58. The molecule has 0 aliphatic rings. The van der Waals surface area contributed by atoms with Crippen molar-refractivity contribution in [3.05, 3.63) is 53.4 Å². The Labute approximate surface area is 133 Å². The van der Waals surface area contributed by atoms with Crippen molar-refractivity contribution in [2.24, 2.45) is 5.92 Å². The molecule has 114 valence electrons. The summed E-state index contributed by atoms with van der Waals surface area (Å²) in [6.07, 6.45) is -0.565. The molecule has 0 bridgehead atoms. The van der Waals surface area contributed by atoms with Gasteiger partial charge in [0.25, 0.3) is 0 Å². The number of hydrogen-bond donors (Lipinski definition) is 2. The van der Waals surface area contributed by atoms with Gasteiger partial charge < -0.3 is 14.9 Å². The number of aliphatic hydroxyl groups excluding tert-OH is 1. The fourth-order valence-corrected chi connectivity index (χ4v) is 3.57. The van der Waals surface area contributed by atoms with Crippen molar-refractivity contribution in [3.63, 3.8) is 0 Å². The lowest BCUT2D eigenvalue weighted by atomic mass is 10.0. The van der Waals surface area contributed by atoms with Crippen LogP contribution in [0.1, 0.15) is 24.8 Å². The van der Waals surface area contributed by atoms with Crippen LogP contribution in [0.4, 0.5) is 0 Å². The normalized spacial score (nSPS) is 12.7. The molecule has 0 saturated carbocycles. The molecule has 22 heavy (non-hydrogen) atoms. The van der Waals surface area contributed by atoms with Gasteiger partial charge in [0.1, 0.15) is 11.5 Å². The highest BCUT2D eigenvalue weighted by molar-refractivity contribution is 7.19. The molecule has 0 amide bonds. The molecule has 4 heteroatoms. The first kappa shape index (κ1) is 14.9. The van der Waals surface area contributed by atoms with E-state index in [2.05, 4.69) is 0 Å². The van der Waals surface area contributed by atoms with Crippen molar-refractivity contribution in [3.8, 4) is 17.2 Å². The Kier molecular flexibility index (Phi) is 4.05. The average molecular weight is 314 g/mol. The zero-order valence-corrected chi connectivity index (χ0v) is 13.3. The van der Waals surface area contributed by atoms with Gasteiger partial charge in [0.2, 0.25) is 0 Å². The van der Waals surface area contributed by atoms with Crippen molar-refractivity contribution >= 4 is 21.4 Å². The van der Waals surface area contributed by atoms with Crippen molar-refractivity contribution in [2.45, 2.75) is 20.0 Å². The molecule has 2 N–H and O–H groups in total. The SMILES string of the molecule is CC(C)C(O)c1sc2ccccc2c1Oc1ccc(O)cc1. The van der Waals surface area contributed by atoms with Crippen LogP contribution >= 0.6 is 11.3 Å². The van der Waals surface area contributed by atoms with Gasteiger partial charge >= 0.3 is 0 Å². The van der Waals surface area contributed by atoms with Crippen LogP contribution in [0.15, 0.2) is 48.5 Å². The summed E-state index contributed by atoms with van der Waals surface area (Å²) < 4.78 is 7.12. The largest absolute Gasteiger partial charge is 0.508 e. The number of rotatable bonds is 4. The fourth-order valence-electron chi connectivity index (χ4n) is 2.28. The number of phenols is 1. The van der Waals surface area contributed by atoms with Crippen molar-refractivity contribution in [1.82, 2.24) is 0 Å². The standard InChI is InChI=1S/C18H18O3S/c1-11(2)16(20)18-17(14-5-3-4-6-15(14)22-18)21-13-9-7-12(19)8-10-13/h3-11,16,19-20H,1-2H3. The Morgan fingerprint density at radius 1 is 1.00 bits per heavy atom. The Morgan fingerprint density at radius 3 is 2.36 bits per heavy atom. The zero-order valence-electron chi connectivity index (χ0n) is 12.5. The summed E-state index contributed by atoms with van der Waals surface area (Å²) >= 11 is 1.56. The summed E-state index contributed by atoms with van der Waals surface area (Å²) in [7, 11) is 0. The molecular weight excluding hydrogens is 296 g/mol. The van der Waals surface area contributed by atoms with Crippen LogP contribution < -0.4 is 4.74 Å². The molecule has 0 spiro atoms. The number of thiophene rings is 1. The molecule has 0 saturated heterocycles. The Bertz CT molecular complexity index is 775. The minimum absolute atomic E-state index is 0.107. The summed E-state index contributed by atoms with van der Waals surface area (Å²) in [5.41, 5.74) is 0. The first-order valence-corrected chi connectivity index (χ1v) is 8.04. The molecule has 1 unspecified atom stereocenters. The summed E-state index contributed by atoms with van der Waals surface area (Å²) in [5, 5.41) is 20.9. The molecule has 1 heterocycles. The predicted molar refractivity (Wildman–Crippen MR) is 89.8 cm³/mol. The van der Waals surface area contributed by atoms with Crippen molar-refractivity contribution < 1.29 is 14.9 Å². The van der Waals surface area contributed by atoms with Crippen LogP contribution in [0.3, 0.4) is 0 Å². The molecule has 0 radical (unpaired) electrons. The van der Waals surface area contributed by atoms with Crippen LogP contribution in [0.2, 0.25) is 0 Å². The van der Waals surface area contributed by atoms with Gasteiger partial charge in [-0.25, -0.2) is 0 Å². The maximum Gasteiger partial charge on any atom is 0.151 e. The van der Waals surface area contributed by atoms with Crippen LogP contribution in [0, 0.1) is 5.92 Å². The molecular formula is C18H18O3S. The monoisotopic (exact) mass is 314 g/mol. The van der Waals surface area contributed by atoms with E-state index in [1.54, 1.807) is 35.6 Å². The third-order valence-electron chi connectivity index (χ3n) is 3.53. The maximum atomic E-state index is 10.5. The lowest BCUT2D eigenvalue weighted by Gasteiger charge is -2.15. The van der Waals surface area contributed by atoms with Crippen LogP contribution in [0.25, 0.3) is 10.1 Å². The second-order valence-corrected chi connectivity index (χ2v) is 6.66. The number of aromatic hydroxyl groups is 1. The van der Waals surface area contributed by atoms with E-state index in [1.165, 1.54) is 0 Å². The molecule has 3 rings (SSSR count). The van der Waals surface area contributed by atoms with Crippen molar-refractivity contribution in [2.75, 3.05) is 0 Å². The third-order valence-corrected chi connectivity index (χ3v) is 4.75. The highest BCUT2D eigenvalue weighted by Crippen LogP contribution is 2.45. The Morgan fingerprint density at radius 2 is 1.68 bits per heavy atom. The van der Waals surface area contributed by atoms with Crippen molar-refractivity contribution in [1.29, 1.82) is 0 Å². The summed E-state index contributed by atoms with van der Waals surface area (Å²) in [6, 6.07) is 14.6. The molecule has 1 aromatic heterocycles. The first-order valence-electron chi connectivity index (χ1n) is 7.22. The highest BCUT2D eigenvalue weighted by Gasteiger charge is 2.23. The Balaban J connectivity index is 2.09. The van der Waals surface area contributed by atoms with E-state index < -0.39 is 6.10 Å². The van der Waals surface area contributed by atoms with Gasteiger partial charge in [0, 0.05) is 10.1 Å². The highest BCUT2D eigenvalue weighted by atomic mass is 32.1. The van der Waals surface area contributed by atoms with E-state index in [4.69, 9.17) is 4.74 Å². The van der Waals surface area contributed by atoms with E-state index in [0.717, 1.165) is 15.0 Å². The molecule has 1 atom stereocenters. The molecule has 3 aromatic rings.